The molecular weight excluding hydrogens is 718 g/mol. The predicted molar refractivity (Wildman–Crippen MR) is 196 cm³/mol. The van der Waals surface area contributed by atoms with Crippen LogP contribution in [-0.2, 0) is 31.9 Å². The number of halogens is 4. The molecule has 2 heterocycles. The summed E-state index contributed by atoms with van der Waals surface area (Å²) in [4.78, 5) is 43.9. The normalized spacial score (nSPS) is 19.7. The van der Waals surface area contributed by atoms with E-state index in [0.717, 1.165) is 22.3 Å². The van der Waals surface area contributed by atoms with Gasteiger partial charge in [0, 0.05) is 45.0 Å². The largest absolute Gasteiger partial charge is 0.508 e. The fourth-order valence-electron chi connectivity index (χ4n) is 7.06. The van der Waals surface area contributed by atoms with E-state index in [4.69, 9.17) is 55.9 Å². The third-order valence-electron chi connectivity index (χ3n) is 9.77. The summed E-state index contributed by atoms with van der Waals surface area (Å²) in [5.74, 6) is -0.811. The zero-order valence-corrected chi connectivity index (χ0v) is 30.6. The molecule has 0 aromatic heterocycles. The Labute approximate surface area is 312 Å². The van der Waals surface area contributed by atoms with Gasteiger partial charge in [-0.15, -0.1) is 0 Å². The lowest BCUT2D eigenvalue weighted by Gasteiger charge is -2.40. The van der Waals surface area contributed by atoms with Gasteiger partial charge >= 0.3 is 6.16 Å². The molecule has 0 aliphatic carbocycles. The van der Waals surface area contributed by atoms with Gasteiger partial charge in [0.05, 0.1) is 24.9 Å². The third-order valence-corrected chi connectivity index (χ3v) is 11.2. The topological polar surface area (TPSA) is 76.2 Å². The SMILES string of the molecule is CC1c2ccccc2C(COC(=O)OCC2CN(C(=O)Cc3c(Cl)cccc3Cl)C(C)c3ccccc32)CN1C(=O)Cc1c(Cl)cccc1Cl. The van der Waals surface area contributed by atoms with Gasteiger partial charge in [-0.2, -0.15) is 0 Å². The standard InChI is InChI=1S/C39H36Cl4N2O5/c1-23-27-9-3-5-11-29(27)25(19-44(23)37(46)17-31-33(40)13-7-14-34(31)41)21-49-39(48)50-22-26-20-45(24(2)28-10-4-6-12-30(26)28)38(47)18-32-35(42)15-8-16-36(32)43/h3-16,23-26H,17-22H2,1-2H3. The van der Waals surface area contributed by atoms with E-state index < -0.39 is 6.16 Å². The van der Waals surface area contributed by atoms with E-state index in [9.17, 15) is 14.4 Å². The van der Waals surface area contributed by atoms with Crippen LogP contribution in [0.5, 0.6) is 0 Å². The maximum atomic E-state index is 13.6. The maximum absolute atomic E-state index is 13.6. The molecule has 2 amide bonds. The van der Waals surface area contributed by atoms with Crippen LogP contribution in [0, 0.1) is 0 Å². The fourth-order valence-corrected chi connectivity index (χ4v) is 8.12. The molecule has 4 aromatic rings. The van der Waals surface area contributed by atoms with Crippen LogP contribution in [0.25, 0.3) is 0 Å². The van der Waals surface area contributed by atoms with E-state index in [1.54, 1.807) is 46.2 Å². The number of nitrogens with zero attached hydrogens (tertiary/aromatic N) is 2. The van der Waals surface area contributed by atoms with Crippen molar-refractivity contribution in [1.29, 1.82) is 0 Å². The van der Waals surface area contributed by atoms with Crippen LogP contribution < -0.4 is 0 Å². The molecule has 7 nitrogen and oxygen atoms in total. The Morgan fingerprint density at radius 2 is 0.900 bits per heavy atom. The summed E-state index contributed by atoms with van der Waals surface area (Å²) in [5.41, 5.74) is 5.14. The van der Waals surface area contributed by atoms with Crippen molar-refractivity contribution in [2.24, 2.45) is 0 Å². The van der Waals surface area contributed by atoms with Crippen molar-refractivity contribution < 1.29 is 23.9 Å². The Kier molecular flexibility index (Phi) is 11.3. The van der Waals surface area contributed by atoms with E-state index in [1.807, 2.05) is 62.4 Å². The average molecular weight is 755 g/mol. The van der Waals surface area contributed by atoms with Gasteiger partial charge in [0.2, 0.25) is 11.8 Å². The Hall–Kier alpha value is -3.75. The minimum absolute atomic E-state index is 0.0146. The second kappa shape index (κ2) is 15.6. The van der Waals surface area contributed by atoms with Crippen LogP contribution in [0.2, 0.25) is 20.1 Å². The van der Waals surface area contributed by atoms with Crippen LogP contribution >= 0.6 is 46.4 Å². The number of carbonyl (C=O) groups is 3. The van der Waals surface area contributed by atoms with Gasteiger partial charge in [0.25, 0.3) is 0 Å². The van der Waals surface area contributed by atoms with Crippen molar-refractivity contribution in [3.8, 4) is 0 Å². The number of ether oxygens (including phenoxy) is 2. The highest BCUT2D eigenvalue weighted by Gasteiger charge is 2.36. The molecule has 0 bridgehead atoms. The van der Waals surface area contributed by atoms with Gasteiger partial charge in [-0.3, -0.25) is 9.59 Å². The summed E-state index contributed by atoms with van der Waals surface area (Å²) in [6.07, 6.45) is -0.723. The summed E-state index contributed by atoms with van der Waals surface area (Å²) in [7, 11) is 0. The molecule has 4 atom stereocenters. The van der Waals surface area contributed by atoms with Crippen LogP contribution in [0.4, 0.5) is 4.79 Å². The highest BCUT2D eigenvalue weighted by molar-refractivity contribution is 6.36. The summed E-state index contributed by atoms with van der Waals surface area (Å²) in [5, 5.41) is 1.74. The highest BCUT2D eigenvalue weighted by Crippen LogP contribution is 2.39. The van der Waals surface area contributed by atoms with Crippen molar-refractivity contribution in [3.63, 3.8) is 0 Å². The lowest BCUT2D eigenvalue weighted by molar-refractivity contribution is -0.134. The van der Waals surface area contributed by atoms with E-state index in [2.05, 4.69) is 0 Å². The zero-order chi connectivity index (χ0) is 35.5. The van der Waals surface area contributed by atoms with Crippen LogP contribution in [0.1, 0.15) is 71.1 Å². The summed E-state index contributed by atoms with van der Waals surface area (Å²) >= 11 is 25.5. The van der Waals surface area contributed by atoms with E-state index in [-0.39, 0.29) is 61.8 Å². The molecule has 50 heavy (non-hydrogen) atoms. The molecule has 4 unspecified atom stereocenters. The minimum Gasteiger partial charge on any atom is -0.434 e. The first-order chi connectivity index (χ1) is 24.0. The molecule has 0 saturated heterocycles. The number of benzene rings is 4. The van der Waals surface area contributed by atoms with Gasteiger partial charge in [-0.1, -0.05) is 107 Å². The van der Waals surface area contributed by atoms with Crippen LogP contribution in [0.15, 0.2) is 84.9 Å². The van der Waals surface area contributed by atoms with Crippen molar-refractivity contribution in [1.82, 2.24) is 9.80 Å². The van der Waals surface area contributed by atoms with Gasteiger partial charge in [0.15, 0.2) is 0 Å². The summed E-state index contributed by atoms with van der Waals surface area (Å²) < 4.78 is 11.4. The van der Waals surface area contributed by atoms with E-state index in [1.165, 1.54) is 0 Å². The first-order valence-corrected chi connectivity index (χ1v) is 18.0. The first kappa shape index (κ1) is 36.1. The number of carbonyl (C=O) groups excluding carboxylic acids is 3. The minimum atomic E-state index is -0.821. The third kappa shape index (κ3) is 7.62. The number of rotatable bonds is 8. The lowest BCUT2D eigenvalue weighted by atomic mass is 9.85. The van der Waals surface area contributed by atoms with Crippen molar-refractivity contribution in [3.05, 3.63) is 138 Å². The summed E-state index contributed by atoms with van der Waals surface area (Å²) in [6.45, 7) is 4.67. The van der Waals surface area contributed by atoms with Gasteiger partial charge in [-0.05, 0) is 71.5 Å². The van der Waals surface area contributed by atoms with E-state index >= 15 is 0 Å². The lowest BCUT2D eigenvalue weighted by Crippen LogP contribution is -2.43. The molecule has 260 valence electrons. The molecule has 0 spiro atoms. The monoisotopic (exact) mass is 752 g/mol. The highest BCUT2D eigenvalue weighted by atomic mass is 35.5. The molecule has 2 aliphatic heterocycles. The number of hydrogen-bond donors (Lipinski definition) is 0. The maximum Gasteiger partial charge on any atom is 0.508 e. The zero-order valence-electron chi connectivity index (χ0n) is 27.6. The Morgan fingerprint density at radius 3 is 1.26 bits per heavy atom. The van der Waals surface area contributed by atoms with Crippen molar-refractivity contribution in [2.45, 2.75) is 50.6 Å². The molecule has 11 heteroatoms. The van der Waals surface area contributed by atoms with Crippen molar-refractivity contribution >= 4 is 64.4 Å². The molecule has 0 saturated carbocycles. The molecule has 0 fully saturated rings. The van der Waals surface area contributed by atoms with Crippen LogP contribution in [-0.4, -0.2) is 54.1 Å². The van der Waals surface area contributed by atoms with E-state index in [0.29, 0.717) is 44.3 Å². The van der Waals surface area contributed by atoms with Gasteiger partial charge in [0.1, 0.15) is 13.2 Å². The molecule has 0 radical (unpaired) electrons. The second-order valence-electron chi connectivity index (χ2n) is 12.7. The summed E-state index contributed by atoms with van der Waals surface area (Å²) in [6, 6.07) is 25.7. The Bertz CT molecular complexity index is 1740. The predicted octanol–water partition coefficient (Wildman–Crippen LogP) is 9.61. The fraction of sp³-hybridized carbons (Fsp3) is 0.308. The quantitative estimate of drug-likeness (QED) is 0.168. The molecule has 0 N–H and O–H groups in total. The number of hydrogen-bond acceptors (Lipinski definition) is 5. The first-order valence-electron chi connectivity index (χ1n) is 16.4. The van der Waals surface area contributed by atoms with Crippen molar-refractivity contribution in [2.75, 3.05) is 26.3 Å². The van der Waals surface area contributed by atoms with Gasteiger partial charge < -0.3 is 19.3 Å². The molecular formula is C39H36Cl4N2O5. The molecule has 4 aromatic carbocycles. The Morgan fingerprint density at radius 1 is 0.560 bits per heavy atom. The van der Waals surface area contributed by atoms with Gasteiger partial charge in [-0.25, -0.2) is 4.79 Å². The molecule has 2 aliphatic rings. The number of amides is 2. The average Bonchev–Trinajstić information content (AvgIpc) is 3.11. The second-order valence-corrected chi connectivity index (χ2v) is 14.4. The molecule has 6 rings (SSSR count). The smallest absolute Gasteiger partial charge is 0.434 e. The number of fused-ring (bicyclic) bond motifs is 2. The van der Waals surface area contributed by atoms with Crippen LogP contribution in [0.3, 0.4) is 0 Å². The Balaban J connectivity index is 1.12.